The predicted octanol–water partition coefficient (Wildman–Crippen LogP) is 1.48. The SMILES string of the molecule is CN[C@H](C(=O)O)C1CCCC1.O=C(O)C(F)(F)F. The molecule has 1 fully saturated rings. The minimum atomic E-state index is -5.08. The first kappa shape index (κ1) is 16.7. The summed E-state index contributed by atoms with van der Waals surface area (Å²) in [5.41, 5.74) is 0. The van der Waals surface area contributed by atoms with E-state index in [0.29, 0.717) is 5.92 Å². The quantitative estimate of drug-likeness (QED) is 0.723. The molecular formula is C10H16F3NO4. The van der Waals surface area contributed by atoms with E-state index in [4.69, 9.17) is 15.0 Å². The fraction of sp³-hybridized carbons (Fsp3) is 0.800. The van der Waals surface area contributed by atoms with Crippen LogP contribution in [0.25, 0.3) is 0 Å². The fourth-order valence-electron chi connectivity index (χ4n) is 1.85. The first-order chi connectivity index (χ1) is 8.20. The molecule has 1 aliphatic rings. The summed E-state index contributed by atoms with van der Waals surface area (Å²) in [6.07, 6.45) is -0.568. The van der Waals surface area contributed by atoms with Gasteiger partial charge in [-0.25, -0.2) is 4.79 Å². The number of likely N-dealkylation sites (N-methyl/N-ethyl adjacent to an activating group) is 1. The Bertz CT molecular complexity index is 287. The van der Waals surface area contributed by atoms with Crippen LogP contribution < -0.4 is 5.32 Å². The van der Waals surface area contributed by atoms with Crippen LogP contribution in [0, 0.1) is 5.92 Å². The second-order valence-corrected chi connectivity index (χ2v) is 3.95. The van der Waals surface area contributed by atoms with E-state index in [1.165, 1.54) is 12.8 Å². The molecule has 0 heterocycles. The van der Waals surface area contributed by atoms with Crippen LogP contribution >= 0.6 is 0 Å². The van der Waals surface area contributed by atoms with E-state index >= 15 is 0 Å². The van der Waals surface area contributed by atoms with Gasteiger partial charge in [-0.3, -0.25) is 4.79 Å². The lowest BCUT2D eigenvalue weighted by Gasteiger charge is -2.17. The Hall–Kier alpha value is -1.31. The molecule has 3 N–H and O–H groups in total. The van der Waals surface area contributed by atoms with Crippen LogP contribution in [0.1, 0.15) is 25.7 Å². The molecule has 1 saturated carbocycles. The van der Waals surface area contributed by atoms with E-state index < -0.39 is 18.1 Å². The average molecular weight is 271 g/mol. The number of alkyl halides is 3. The molecule has 0 aromatic carbocycles. The second-order valence-electron chi connectivity index (χ2n) is 3.95. The highest BCUT2D eigenvalue weighted by molar-refractivity contribution is 5.74. The van der Waals surface area contributed by atoms with Crippen molar-refractivity contribution in [1.29, 1.82) is 0 Å². The molecule has 0 aromatic heterocycles. The second kappa shape index (κ2) is 7.20. The summed E-state index contributed by atoms with van der Waals surface area (Å²) < 4.78 is 31.7. The van der Waals surface area contributed by atoms with Crippen LogP contribution in [0.15, 0.2) is 0 Å². The van der Waals surface area contributed by atoms with Gasteiger partial charge in [-0.1, -0.05) is 12.8 Å². The summed E-state index contributed by atoms with van der Waals surface area (Å²) in [6, 6.07) is -0.322. The number of carbonyl (C=O) groups is 2. The number of carboxylic acid groups (broad SMARTS) is 2. The van der Waals surface area contributed by atoms with Crippen LogP contribution in [0.2, 0.25) is 0 Å². The van der Waals surface area contributed by atoms with E-state index in [1.54, 1.807) is 7.05 Å². The van der Waals surface area contributed by atoms with Crippen molar-refractivity contribution in [3.8, 4) is 0 Å². The third kappa shape index (κ3) is 5.85. The normalized spacial score (nSPS) is 17.8. The number of rotatable bonds is 3. The van der Waals surface area contributed by atoms with Gasteiger partial charge < -0.3 is 15.5 Å². The summed E-state index contributed by atoms with van der Waals surface area (Å²) >= 11 is 0. The van der Waals surface area contributed by atoms with Crippen molar-refractivity contribution in [2.75, 3.05) is 7.05 Å². The molecule has 1 aliphatic carbocycles. The van der Waals surface area contributed by atoms with Crippen LogP contribution in [0.3, 0.4) is 0 Å². The third-order valence-electron chi connectivity index (χ3n) is 2.69. The molecule has 106 valence electrons. The number of nitrogens with one attached hydrogen (secondary N) is 1. The molecule has 8 heteroatoms. The molecule has 18 heavy (non-hydrogen) atoms. The van der Waals surface area contributed by atoms with Gasteiger partial charge in [-0.05, 0) is 25.8 Å². The summed E-state index contributed by atoms with van der Waals surface area (Å²) in [4.78, 5) is 19.6. The molecule has 5 nitrogen and oxygen atoms in total. The van der Waals surface area contributed by atoms with Crippen LogP contribution in [0.5, 0.6) is 0 Å². The Balaban J connectivity index is 0.000000360. The Kier molecular flexibility index (Phi) is 6.67. The zero-order valence-corrected chi connectivity index (χ0v) is 9.83. The maximum Gasteiger partial charge on any atom is 0.490 e. The molecule has 0 amide bonds. The minimum Gasteiger partial charge on any atom is -0.480 e. The molecule has 0 unspecified atom stereocenters. The lowest BCUT2D eigenvalue weighted by molar-refractivity contribution is -0.192. The Morgan fingerprint density at radius 3 is 1.83 bits per heavy atom. The summed E-state index contributed by atoms with van der Waals surface area (Å²) in [7, 11) is 1.72. The zero-order valence-electron chi connectivity index (χ0n) is 9.83. The number of carboxylic acids is 2. The van der Waals surface area contributed by atoms with Gasteiger partial charge in [0.2, 0.25) is 0 Å². The topological polar surface area (TPSA) is 86.6 Å². The van der Waals surface area contributed by atoms with Crippen molar-refractivity contribution in [2.24, 2.45) is 5.92 Å². The van der Waals surface area contributed by atoms with E-state index in [1.807, 2.05) is 0 Å². The first-order valence-electron chi connectivity index (χ1n) is 5.40. The van der Waals surface area contributed by atoms with Crippen LogP contribution in [-0.4, -0.2) is 41.4 Å². The summed E-state index contributed by atoms with van der Waals surface area (Å²) in [6.45, 7) is 0. The molecular weight excluding hydrogens is 255 g/mol. The standard InChI is InChI=1S/C8H15NO2.C2HF3O2/c1-9-7(8(10)11)6-4-2-3-5-6;3-2(4,5)1(6)7/h6-7,9H,2-5H2,1H3,(H,10,11);(H,6,7)/t7-;/m0./s1. The van der Waals surface area contributed by atoms with E-state index in [9.17, 15) is 18.0 Å². The lowest BCUT2D eigenvalue weighted by Crippen LogP contribution is -2.39. The van der Waals surface area contributed by atoms with Crippen molar-refractivity contribution in [1.82, 2.24) is 5.32 Å². The third-order valence-corrected chi connectivity index (χ3v) is 2.69. The highest BCUT2D eigenvalue weighted by Gasteiger charge is 2.38. The van der Waals surface area contributed by atoms with Gasteiger partial charge in [-0.15, -0.1) is 0 Å². The van der Waals surface area contributed by atoms with Gasteiger partial charge in [0.25, 0.3) is 0 Å². The predicted molar refractivity (Wildman–Crippen MR) is 56.1 cm³/mol. The average Bonchev–Trinajstić information content (AvgIpc) is 2.71. The van der Waals surface area contributed by atoms with Crippen molar-refractivity contribution >= 4 is 11.9 Å². The Morgan fingerprint density at radius 1 is 1.22 bits per heavy atom. The fourth-order valence-corrected chi connectivity index (χ4v) is 1.85. The highest BCUT2D eigenvalue weighted by Crippen LogP contribution is 2.27. The largest absolute Gasteiger partial charge is 0.490 e. The van der Waals surface area contributed by atoms with Crippen molar-refractivity contribution in [2.45, 2.75) is 37.9 Å². The minimum absolute atomic E-state index is 0.322. The van der Waals surface area contributed by atoms with Gasteiger partial charge in [0.05, 0.1) is 0 Å². The van der Waals surface area contributed by atoms with Crippen molar-refractivity contribution < 1.29 is 33.0 Å². The van der Waals surface area contributed by atoms with Crippen molar-refractivity contribution in [3.05, 3.63) is 0 Å². The summed E-state index contributed by atoms with van der Waals surface area (Å²) in [5.74, 6) is -3.11. The molecule has 1 rings (SSSR count). The van der Waals surface area contributed by atoms with Gasteiger partial charge >= 0.3 is 18.1 Å². The number of hydrogen-bond donors (Lipinski definition) is 3. The molecule has 0 aliphatic heterocycles. The number of halogens is 3. The maximum absolute atomic E-state index is 10.7. The zero-order chi connectivity index (χ0) is 14.3. The highest BCUT2D eigenvalue weighted by atomic mass is 19.4. The van der Waals surface area contributed by atoms with E-state index in [2.05, 4.69) is 5.32 Å². The van der Waals surface area contributed by atoms with E-state index in [-0.39, 0.29) is 6.04 Å². The van der Waals surface area contributed by atoms with Gasteiger partial charge in [-0.2, -0.15) is 13.2 Å². The van der Waals surface area contributed by atoms with Gasteiger partial charge in [0.15, 0.2) is 0 Å². The monoisotopic (exact) mass is 271 g/mol. The number of aliphatic carboxylic acids is 2. The van der Waals surface area contributed by atoms with Gasteiger partial charge in [0, 0.05) is 0 Å². The van der Waals surface area contributed by atoms with Crippen LogP contribution in [0.4, 0.5) is 13.2 Å². The Morgan fingerprint density at radius 2 is 1.61 bits per heavy atom. The first-order valence-corrected chi connectivity index (χ1v) is 5.40. The maximum atomic E-state index is 10.7. The molecule has 1 atom stereocenters. The van der Waals surface area contributed by atoms with Gasteiger partial charge in [0.1, 0.15) is 6.04 Å². The smallest absolute Gasteiger partial charge is 0.480 e. The number of hydrogen-bond acceptors (Lipinski definition) is 3. The Labute approximate surface area is 102 Å². The summed E-state index contributed by atoms with van der Waals surface area (Å²) in [5, 5.41) is 18.7. The van der Waals surface area contributed by atoms with Crippen LogP contribution in [-0.2, 0) is 9.59 Å². The van der Waals surface area contributed by atoms with Crippen molar-refractivity contribution in [3.63, 3.8) is 0 Å². The molecule has 0 radical (unpaired) electrons. The molecule has 0 saturated heterocycles. The molecule has 0 aromatic rings. The molecule has 0 bridgehead atoms. The lowest BCUT2D eigenvalue weighted by atomic mass is 9.99. The molecule has 0 spiro atoms. The van der Waals surface area contributed by atoms with E-state index in [0.717, 1.165) is 12.8 Å².